The molecule has 0 atom stereocenters. The SMILES string of the molecule is C=CC(=O)Nc1cccc2ccc(-c3cccc(C(=O)NCC4CCN(C)CC4)n3)cc12. The molecule has 6 nitrogen and oxygen atoms in total. The summed E-state index contributed by atoms with van der Waals surface area (Å²) in [6, 6.07) is 17.2. The van der Waals surface area contributed by atoms with Crippen LogP contribution in [-0.4, -0.2) is 48.4 Å². The highest BCUT2D eigenvalue weighted by molar-refractivity contribution is 6.06. The molecule has 164 valence electrons. The Kier molecular flexibility index (Phi) is 6.61. The maximum absolute atomic E-state index is 12.7. The zero-order valence-corrected chi connectivity index (χ0v) is 18.3. The molecule has 0 radical (unpaired) electrons. The Balaban J connectivity index is 1.53. The van der Waals surface area contributed by atoms with E-state index in [1.165, 1.54) is 6.08 Å². The molecule has 2 N–H and O–H groups in total. The van der Waals surface area contributed by atoms with E-state index in [-0.39, 0.29) is 11.8 Å². The molecular formula is C26H28N4O2. The first-order chi connectivity index (χ1) is 15.5. The molecule has 6 heteroatoms. The van der Waals surface area contributed by atoms with Crippen LogP contribution in [0.25, 0.3) is 22.0 Å². The first kappa shape index (κ1) is 21.7. The van der Waals surface area contributed by atoms with Gasteiger partial charge >= 0.3 is 0 Å². The predicted molar refractivity (Wildman–Crippen MR) is 129 cm³/mol. The summed E-state index contributed by atoms with van der Waals surface area (Å²) in [4.78, 5) is 31.4. The third-order valence-corrected chi connectivity index (χ3v) is 5.99. The number of likely N-dealkylation sites (tertiary alicyclic amines) is 1. The van der Waals surface area contributed by atoms with E-state index in [1.807, 2.05) is 48.5 Å². The van der Waals surface area contributed by atoms with Crippen LogP contribution in [0.15, 0.2) is 67.3 Å². The summed E-state index contributed by atoms with van der Waals surface area (Å²) in [5, 5.41) is 7.81. The van der Waals surface area contributed by atoms with Gasteiger partial charge in [0.2, 0.25) is 5.91 Å². The van der Waals surface area contributed by atoms with Crippen molar-refractivity contribution in [1.29, 1.82) is 0 Å². The van der Waals surface area contributed by atoms with E-state index in [0.717, 1.165) is 42.3 Å². The Morgan fingerprint density at radius 2 is 1.91 bits per heavy atom. The van der Waals surface area contributed by atoms with Crippen LogP contribution in [0.1, 0.15) is 23.3 Å². The van der Waals surface area contributed by atoms with Crippen LogP contribution >= 0.6 is 0 Å². The van der Waals surface area contributed by atoms with Crippen LogP contribution in [0.3, 0.4) is 0 Å². The Morgan fingerprint density at radius 1 is 1.12 bits per heavy atom. The van der Waals surface area contributed by atoms with Crippen molar-refractivity contribution in [3.05, 3.63) is 72.9 Å². The predicted octanol–water partition coefficient (Wildman–Crippen LogP) is 4.10. The minimum atomic E-state index is -0.260. The van der Waals surface area contributed by atoms with E-state index in [0.29, 0.717) is 29.5 Å². The zero-order valence-electron chi connectivity index (χ0n) is 18.3. The lowest BCUT2D eigenvalue weighted by Crippen LogP contribution is -2.37. The van der Waals surface area contributed by atoms with Gasteiger partial charge < -0.3 is 15.5 Å². The fourth-order valence-corrected chi connectivity index (χ4v) is 4.04. The van der Waals surface area contributed by atoms with Gasteiger partial charge in [-0.2, -0.15) is 0 Å². The quantitative estimate of drug-likeness (QED) is 0.580. The molecule has 32 heavy (non-hydrogen) atoms. The van der Waals surface area contributed by atoms with Gasteiger partial charge in [0, 0.05) is 23.2 Å². The fraction of sp³-hybridized carbons (Fsp3) is 0.269. The number of benzene rings is 2. The molecule has 0 spiro atoms. The van der Waals surface area contributed by atoms with Crippen molar-refractivity contribution in [1.82, 2.24) is 15.2 Å². The molecule has 1 aromatic heterocycles. The lowest BCUT2D eigenvalue weighted by atomic mass is 9.97. The molecule has 1 aliphatic heterocycles. The van der Waals surface area contributed by atoms with Crippen molar-refractivity contribution in [3.63, 3.8) is 0 Å². The van der Waals surface area contributed by atoms with E-state index in [4.69, 9.17) is 0 Å². The summed E-state index contributed by atoms with van der Waals surface area (Å²) in [5.41, 5.74) is 2.71. The number of hydrogen-bond acceptors (Lipinski definition) is 4. The maximum Gasteiger partial charge on any atom is 0.269 e. The molecule has 2 amide bonds. The first-order valence-corrected chi connectivity index (χ1v) is 10.9. The summed E-state index contributed by atoms with van der Waals surface area (Å²) in [6.45, 7) is 6.35. The second-order valence-corrected chi connectivity index (χ2v) is 8.30. The smallest absolute Gasteiger partial charge is 0.269 e. The maximum atomic E-state index is 12.7. The van der Waals surface area contributed by atoms with Gasteiger partial charge in [0.1, 0.15) is 5.69 Å². The van der Waals surface area contributed by atoms with Gasteiger partial charge in [-0.15, -0.1) is 0 Å². The Labute approximate surface area is 188 Å². The molecule has 3 aromatic rings. The number of aromatic nitrogens is 1. The standard InChI is InChI=1S/C26H28N4O2/c1-3-25(31)29-23-8-4-6-19-10-11-20(16-21(19)23)22-7-5-9-24(28-22)26(32)27-17-18-12-14-30(2)15-13-18/h3-11,16,18H,1,12-15,17H2,2H3,(H,27,32)(H,29,31). The second kappa shape index (κ2) is 9.75. The summed E-state index contributed by atoms with van der Waals surface area (Å²) < 4.78 is 0. The van der Waals surface area contributed by atoms with E-state index in [1.54, 1.807) is 6.07 Å². The van der Waals surface area contributed by atoms with Crippen LogP contribution in [0.2, 0.25) is 0 Å². The number of fused-ring (bicyclic) bond motifs is 1. The van der Waals surface area contributed by atoms with Crippen molar-refractivity contribution >= 4 is 28.3 Å². The molecule has 0 aliphatic carbocycles. The molecule has 1 fully saturated rings. The summed E-state index contributed by atoms with van der Waals surface area (Å²) in [5.74, 6) is 0.109. The van der Waals surface area contributed by atoms with E-state index in [2.05, 4.69) is 34.1 Å². The molecule has 1 saturated heterocycles. The Morgan fingerprint density at radius 3 is 2.69 bits per heavy atom. The van der Waals surface area contributed by atoms with Crippen LogP contribution < -0.4 is 10.6 Å². The van der Waals surface area contributed by atoms with E-state index in [9.17, 15) is 9.59 Å². The highest BCUT2D eigenvalue weighted by Gasteiger charge is 2.18. The van der Waals surface area contributed by atoms with Crippen molar-refractivity contribution in [2.45, 2.75) is 12.8 Å². The summed E-state index contributed by atoms with van der Waals surface area (Å²) in [7, 11) is 2.13. The van der Waals surface area contributed by atoms with Gasteiger partial charge in [-0.25, -0.2) is 4.98 Å². The van der Waals surface area contributed by atoms with Crippen LogP contribution in [-0.2, 0) is 4.79 Å². The van der Waals surface area contributed by atoms with Gasteiger partial charge in [-0.05, 0) is 74.6 Å². The number of amides is 2. The number of hydrogen-bond donors (Lipinski definition) is 2. The van der Waals surface area contributed by atoms with Crippen LogP contribution in [0.5, 0.6) is 0 Å². The minimum absolute atomic E-state index is 0.148. The number of rotatable bonds is 6. The van der Waals surface area contributed by atoms with Crippen molar-refractivity contribution in [3.8, 4) is 11.3 Å². The number of carbonyl (C=O) groups excluding carboxylic acids is 2. The van der Waals surface area contributed by atoms with Gasteiger partial charge in [0.15, 0.2) is 0 Å². The van der Waals surface area contributed by atoms with Gasteiger partial charge in [0.25, 0.3) is 5.91 Å². The molecule has 1 aliphatic rings. The molecule has 0 saturated carbocycles. The van der Waals surface area contributed by atoms with Crippen LogP contribution in [0.4, 0.5) is 5.69 Å². The van der Waals surface area contributed by atoms with Gasteiger partial charge in [-0.3, -0.25) is 9.59 Å². The highest BCUT2D eigenvalue weighted by Crippen LogP contribution is 2.28. The van der Waals surface area contributed by atoms with Crippen LogP contribution in [0, 0.1) is 5.92 Å². The average molecular weight is 429 g/mol. The molecule has 2 heterocycles. The average Bonchev–Trinajstić information content (AvgIpc) is 2.83. The monoisotopic (exact) mass is 428 g/mol. The number of nitrogens with zero attached hydrogens (tertiary/aromatic N) is 2. The number of piperidine rings is 1. The molecular weight excluding hydrogens is 400 g/mol. The topological polar surface area (TPSA) is 74.3 Å². The van der Waals surface area contributed by atoms with Crippen molar-refractivity contribution in [2.75, 3.05) is 32.0 Å². The van der Waals surface area contributed by atoms with Gasteiger partial charge in [0.05, 0.1) is 5.69 Å². The number of carbonyl (C=O) groups is 2. The number of anilines is 1. The summed E-state index contributed by atoms with van der Waals surface area (Å²) in [6.07, 6.45) is 3.45. The Hall–Kier alpha value is -3.51. The lowest BCUT2D eigenvalue weighted by molar-refractivity contribution is -0.111. The lowest BCUT2D eigenvalue weighted by Gasteiger charge is -2.28. The second-order valence-electron chi connectivity index (χ2n) is 8.30. The Bertz CT molecular complexity index is 1150. The third kappa shape index (κ3) is 5.03. The van der Waals surface area contributed by atoms with E-state index >= 15 is 0 Å². The van der Waals surface area contributed by atoms with Crippen molar-refractivity contribution in [2.24, 2.45) is 5.92 Å². The normalized spacial score (nSPS) is 14.8. The van der Waals surface area contributed by atoms with Gasteiger partial charge in [-0.1, -0.05) is 36.9 Å². The number of pyridine rings is 1. The number of nitrogens with one attached hydrogen (secondary N) is 2. The minimum Gasteiger partial charge on any atom is -0.350 e. The summed E-state index contributed by atoms with van der Waals surface area (Å²) >= 11 is 0. The first-order valence-electron chi connectivity index (χ1n) is 10.9. The molecule has 4 rings (SSSR count). The third-order valence-electron chi connectivity index (χ3n) is 5.99. The molecule has 2 aromatic carbocycles. The largest absolute Gasteiger partial charge is 0.350 e. The zero-order chi connectivity index (χ0) is 22.5. The highest BCUT2D eigenvalue weighted by atomic mass is 16.2. The van der Waals surface area contributed by atoms with E-state index < -0.39 is 0 Å². The molecule has 0 bridgehead atoms. The van der Waals surface area contributed by atoms with Crippen molar-refractivity contribution < 1.29 is 9.59 Å². The fourth-order valence-electron chi connectivity index (χ4n) is 4.04. The molecule has 0 unspecified atom stereocenters.